The quantitative estimate of drug-likeness (QED) is 0.867. The number of rotatable bonds is 5. The first-order valence-electron chi connectivity index (χ1n) is 6.21. The fourth-order valence-corrected chi connectivity index (χ4v) is 1.66. The number of benzene rings is 1. The molecule has 0 fully saturated rings. The topological polar surface area (TPSA) is 49.8 Å². The Kier molecular flexibility index (Phi) is 4.28. The van der Waals surface area contributed by atoms with Crippen molar-refractivity contribution in [2.45, 2.75) is 26.4 Å². The van der Waals surface area contributed by atoms with E-state index in [0.29, 0.717) is 24.0 Å². The van der Waals surface area contributed by atoms with E-state index < -0.39 is 0 Å². The Balaban J connectivity index is 2.02. The van der Waals surface area contributed by atoms with Gasteiger partial charge in [-0.25, -0.2) is 14.4 Å². The molecule has 0 bridgehead atoms. The van der Waals surface area contributed by atoms with E-state index in [4.69, 9.17) is 0 Å². The van der Waals surface area contributed by atoms with E-state index in [9.17, 15) is 4.39 Å². The lowest BCUT2D eigenvalue weighted by atomic mass is 10.2. The summed E-state index contributed by atoms with van der Waals surface area (Å²) in [4.78, 5) is 8.22. The van der Waals surface area contributed by atoms with Crippen molar-refractivity contribution in [3.63, 3.8) is 0 Å². The van der Waals surface area contributed by atoms with Gasteiger partial charge in [-0.15, -0.1) is 0 Å². The molecular weight excluding hydrogens is 243 g/mol. The molecule has 100 valence electrons. The zero-order valence-electron chi connectivity index (χ0n) is 11.0. The molecule has 0 saturated carbocycles. The van der Waals surface area contributed by atoms with E-state index in [1.54, 1.807) is 18.2 Å². The molecule has 0 atom stereocenters. The Morgan fingerprint density at radius 1 is 1.16 bits per heavy atom. The van der Waals surface area contributed by atoms with Gasteiger partial charge in [0.1, 0.15) is 23.8 Å². The van der Waals surface area contributed by atoms with Gasteiger partial charge in [-0.2, -0.15) is 0 Å². The van der Waals surface area contributed by atoms with E-state index >= 15 is 0 Å². The molecule has 0 aliphatic heterocycles. The molecule has 1 aromatic heterocycles. The number of aromatic nitrogens is 2. The molecule has 0 amide bonds. The van der Waals surface area contributed by atoms with E-state index in [2.05, 4.69) is 20.6 Å². The average Bonchev–Trinajstić information content (AvgIpc) is 2.37. The Bertz CT molecular complexity index is 542. The van der Waals surface area contributed by atoms with Gasteiger partial charge in [0.15, 0.2) is 0 Å². The molecule has 0 spiro atoms. The van der Waals surface area contributed by atoms with Gasteiger partial charge >= 0.3 is 0 Å². The van der Waals surface area contributed by atoms with E-state index in [0.717, 1.165) is 5.82 Å². The summed E-state index contributed by atoms with van der Waals surface area (Å²) in [5.74, 6) is 1.20. The summed E-state index contributed by atoms with van der Waals surface area (Å²) in [6.07, 6.45) is 1.48. The van der Waals surface area contributed by atoms with Gasteiger partial charge in [-0.1, -0.05) is 18.2 Å². The van der Waals surface area contributed by atoms with E-state index in [-0.39, 0.29) is 5.82 Å². The highest BCUT2D eigenvalue weighted by molar-refractivity contribution is 5.47. The van der Waals surface area contributed by atoms with Crippen LogP contribution >= 0.6 is 0 Å². The highest BCUT2D eigenvalue weighted by Gasteiger charge is 2.03. The van der Waals surface area contributed by atoms with Crippen molar-refractivity contribution >= 4 is 11.6 Å². The van der Waals surface area contributed by atoms with Crippen LogP contribution in [0.15, 0.2) is 36.7 Å². The van der Waals surface area contributed by atoms with Gasteiger partial charge in [-0.3, -0.25) is 0 Å². The molecular formula is C14H17FN4. The molecule has 0 saturated heterocycles. The minimum atomic E-state index is -0.218. The minimum absolute atomic E-state index is 0.218. The van der Waals surface area contributed by atoms with Crippen LogP contribution in [0.1, 0.15) is 19.4 Å². The first-order valence-corrected chi connectivity index (χ1v) is 6.21. The number of halogens is 1. The molecule has 0 radical (unpaired) electrons. The standard InChI is InChI=1S/C14H17FN4/c1-10(2)19-14-7-13(17-9-18-14)16-8-11-5-3-4-6-12(11)15/h3-7,9-10H,8H2,1-2H3,(H2,16,17,18,19). The van der Waals surface area contributed by atoms with Crippen molar-refractivity contribution in [1.82, 2.24) is 9.97 Å². The summed E-state index contributed by atoms with van der Waals surface area (Å²) in [7, 11) is 0. The largest absolute Gasteiger partial charge is 0.368 e. The van der Waals surface area contributed by atoms with E-state index in [1.165, 1.54) is 12.4 Å². The first-order chi connectivity index (χ1) is 9.15. The Morgan fingerprint density at radius 2 is 1.89 bits per heavy atom. The molecule has 19 heavy (non-hydrogen) atoms. The zero-order chi connectivity index (χ0) is 13.7. The molecule has 2 rings (SSSR count). The van der Waals surface area contributed by atoms with Crippen LogP contribution in [0.25, 0.3) is 0 Å². The molecule has 2 aromatic rings. The second-order valence-corrected chi connectivity index (χ2v) is 4.53. The average molecular weight is 260 g/mol. The van der Waals surface area contributed by atoms with Crippen molar-refractivity contribution in [2.75, 3.05) is 10.6 Å². The van der Waals surface area contributed by atoms with Crippen molar-refractivity contribution < 1.29 is 4.39 Å². The lowest BCUT2D eigenvalue weighted by molar-refractivity contribution is 0.613. The zero-order valence-corrected chi connectivity index (χ0v) is 11.0. The smallest absolute Gasteiger partial charge is 0.131 e. The Hall–Kier alpha value is -2.17. The molecule has 2 N–H and O–H groups in total. The maximum absolute atomic E-state index is 13.5. The summed E-state index contributed by atoms with van der Waals surface area (Å²) in [6, 6.07) is 8.79. The highest BCUT2D eigenvalue weighted by atomic mass is 19.1. The van der Waals surface area contributed by atoms with Crippen LogP contribution in [-0.4, -0.2) is 16.0 Å². The first kappa shape index (κ1) is 13.3. The SMILES string of the molecule is CC(C)Nc1cc(NCc2ccccc2F)ncn1. The van der Waals surface area contributed by atoms with Gasteiger partial charge in [0.2, 0.25) is 0 Å². The Morgan fingerprint density at radius 3 is 2.63 bits per heavy atom. The molecule has 1 heterocycles. The fourth-order valence-electron chi connectivity index (χ4n) is 1.66. The van der Waals surface area contributed by atoms with Gasteiger partial charge in [0.25, 0.3) is 0 Å². The molecule has 0 aliphatic carbocycles. The van der Waals surface area contributed by atoms with Crippen LogP contribution in [-0.2, 0) is 6.54 Å². The summed E-state index contributed by atoms with van der Waals surface area (Å²) in [5, 5.41) is 6.27. The number of hydrogen-bond acceptors (Lipinski definition) is 4. The maximum Gasteiger partial charge on any atom is 0.131 e. The molecule has 0 aliphatic rings. The van der Waals surface area contributed by atoms with Crippen LogP contribution in [0.3, 0.4) is 0 Å². The van der Waals surface area contributed by atoms with Crippen molar-refractivity contribution in [1.29, 1.82) is 0 Å². The number of nitrogens with zero attached hydrogens (tertiary/aromatic N) is 2. The summed E-state index contributed by atoms with van der Waals surface area (Å²) >= 11 is 0. The molecule has 1 aromatic carbocycles. The highest BCUT2D eigenvalue weighted by Crippen LogP contribution is 2.12. The van der Waals surface area contributed by atoms with Crippen LogP contribution in [0.2, 0.25) is 0 Å². The third-order valence-corrected chi connectivity index (χ3v) is 2.52. The van der Waals surface area contributed by atoms with Gasteiger partial charge in [0, 0.05) is 24.2 Å². The summed E-state index contributed by atoms with van der Waals surface area (Å²) in [6.45, 7) is 4.47. The van der Waals surface area contributed by atoms with E-state index in [1.807, 2.05) is 19.9 Å². The van der Waals surface area contributed by atoms with Crippen LogP contribution in [0.5, 0.6) is 0 Å². The third-order valence-electron chi connectivity index (χ3n) is 2.52. The minimum Gasteiger partial charge on any atom is -0.368 e. The predicted molar refractivity (Wildman–Crippen MR) is 74.5 cm³/mol. The van der Waals surface area contributed by atoms with Gasteiger partial charge in [0.05, 0.1) is 0 Å². The lowest BCUT2D eigenvalue weighted by Gasteiger charge is -2.11. The lowest BCUT2D eigenvalue weighted by Crippen LogP contribution is -2.12. The second-order valence-electron chi connectivity index (χ2n) is 4.53. The summed E-state index contributed by atoms with van der Waals surface area (Å²) in [5.41, 5.74) is 0.611. The number of anilines is 2. The molecule has 5 heteroatoms. The van der Waals surface area contributed by atoms with Gasteiger partial charge < -0.3 is 10.6 Å². The van der Waals surface area contributed by atoms with Crippen molar-refractivity contribution in [3.05, 3.63) is 48.0 Å². The third kappa shape index (κ3) is 3.91. The normalized spacial score (nSPS) is 10.5. The molecule has 0 unspecified atom stereocenters. The van der Waals surface area contributed by atoms with Crippen LogP contribution < -0.4 is 10.6 Å². The Labute approximate surface area is 112 Å². The number of nitrogens with one attached hydrogen (secondary N) is 2. The second kappa shape index (κ2) is 6.13. The summed E-state index contributed by atoms with van der Waals surface area (Å²) < 4.78 is 13.5. The predicted octanol–water partition coefficient (Wildman–Crippen LogP) is 3.05. The number of hydrogen-bond donors (Lipinski definition) is 2. The monoisotopic (exact) mass is 260 g/mol. The van der Waals surface area contributed by atoms with Crippen LogP contribution in [0.4, 0.5) is 16.0 Å². The van der Waals surface area contributed by atoms with Gasteiger partial charge in [-0.05, 0) is 19.9 Å². The van der Waals surface area contributed by atoms with Crippen LogP contribution in [0, 0.1) is 5.82 Å². The van der Waals surface area contributed by atoms with Crippen molar-refractivity contribution in [2.24, 2.45) is 0 Å². The van der Waals surface area contributed by atoms with Crippen molar-refractivity contribution in [3.8, 4) is 0 Å². The maximum atomic E-state index is 13.5. The molecule has 4 nitrogen and oxygen atoms in total. The fraction of sp³-hybridized carbons (Fsp3) is 0.286.